The van der Waals surface area contributed by atoms with Gasteiger partial charge < -0.3 is 4.90 Å². The first-order chi connectivity index (χ1) is 11.3. The maximum atomic E-state index is 13.9. The van der Waals surface area contributed by atoms with Crippen LogP contribution < -0.4 is 0 Å². The van der Waals surface area contributed by atoms with E-state index >= 15 is 0 Å². The number of nitrogens with zero attached hydrogens (tertiary/aromatic N) is 1. The van der Waals surface area contributed by atoms with Crippen LogP contribution in [0.2, 0.25) is 0 Å². The second-order valence-electron chi connectivity index (χ2n) is 5.76. The molecule has 1 aliphatic rings. The quantitative estimate of drug-likeness (QED) is 0.836. The van der Waals surface area contributed by atoms with Crippen LogP contribution in [-0.4, -0.2) is 32.0 Å². The molecule has 4 nitrogen and oxygen atoms in total. The SMILES string of the molecule is CS(=O)(=O)c1ccc(C(=O)N2CCc3c(F)ccc(F)c3C2)cc1. The van der Waals surface area contributed by atoms with Crippen LogP contribution >= 0.6 is 0 Å². The Morgan fingerprint density at radius 1 is 1.00 bits per heavy atom. The minimum Gasteiger partial charge on any atom is -0.334 e. The van der Waals surface area contributed by atoms with E-state index in [1.807, 2.05) is 0 Å². The number of hydrogen-bond donors (Lipinski definition) is 0. The van der Waals surface area contributed by atoms with Gasteiger partial charge in [0.15, 0.2) is 9.84 Å². The van der Waals surface area contributed by atoms with Crippen LogP contribution in [0.3, 0.4) is 0 Å². The lowest BCUT2D eigenvalue weighted by Gasteiger charge is -2.29. The number of fused-ring (bicyclic) bond motifs is 1. The van der Waals surface area contributed by atoms with Crippen LogP contribution in [0.4, 0.5) is 8.78 Å². The van der Waals surface area contributed by atoms with E-state index in [9.17, 15) is 22.0 Å². The Bertz CT molecular complexity index is 908. The van der Waals surface area contributed by atoms with Crippen LogP contribution in [0.25, 0.3) is 0 Å². The molecule has 0 fully saturated rings. The van der Waals surface area contributed by atoms with Gasteiger partial charge in [-0.3, -0.25) is 4.79 Å². The normalized spacial score (nSPS) is 14.4. The third kappa shape index (κ3) is 3.03. The van der Waals surface area contributed by atoms with Gasteiger partial charge in [-0.05, 0) is 48.4 Å². The Balaban J connectivity index is 1.85. The number of benzene rings is 2. The molecule has 0 spiro atoms. The average Bonchev–Trinajstić information content (AvgIpc) is 2.57. The van der Waals surface area contributed by atoms with Crippen molar-refractivity contribution in [3.05, 3.63) is 64.7 Å². The third-order valence-electron chi connectivity index (χ3n) is 4.11. The van der Waals surface area contributed by atoms with E-state index < -0.39 is 21.5 Å². The van der Waals surface area contributed by atoms with Gasteiger partial charge in [0.05, 0.1) is 4.90 Å². The third-order valence-corrected chi connectivity index (χ3v) is 5.24. The van der Waals surface area contributed by atoms with Crippen LogP contribution in [0.5, 0.6) is 0 Å². The van der Waals surface area contributed by atoms with E-state index in [-0.39, 0.29) is 35.9 Å². The second-order valence-corrected chi connectivity index (χ2v) is 7.78. The van der Waals surface area contributed by atoms with E-state index in [4.69, 9.17) is 0 Å². The van der Waals surface area contributed by atoms with Gasteiger partial charge in [-0.1, -0.05) is 0 Å². The van der Waals surface area contributed by atoms with Gasteiger partial charge in [0.25, 0.3) is 5.91 Å². The van der Waals surface area contributed by atoms with Crippen molar-refractivity contribution in [2.75, 3.05) is 12.8 Å². The highest BCUT2D eigenvalue weighted by Gasteiger charge is 2.26. The Morgan fingerprint density at radius 3 is 2.17 bits per heavy atom. The van der Waals surface area contributed by atoms with Gasteiger partial charge in [-0.2, -0.15) is 0 Å². The molecule has 0 atom stereocenters. The number of halogens is 2. The number of carbonyl (C=O) groups excluding carboxylic acids is 1. The molecule has 0 unspecified atom stereocenters. The van der Waals surface area contributed by atoms with Crippen molar-refractivity contribution < 1.29 is 22.0 Å². The fourth-order valence-electron chi connectivity index (χ4n) is 2.79. The molecule has 0 radical (unpaired) electrons. The Morgan fingerprint density at radius 2 is 1.58 bits per heavy atom. The molecular weight excluding hydrogens is 336 g/mol. The molecular formula is C17H15F2NO3S. The maximum absolute atomic E-state index is 13.9. The second kappa shape index (κ2) is 5.98. The summed E-state index contributed by atoms with van der Waals surface area (Å²) in [5, 5.41) is 0. The van der Waals surface area contributed by atoms with Crippen molar-refractivity contribution >= 4 is 15.7 Å². The molecule has 0 saturated heterocycles. The van der Waals surface area contributed by atoms with Gasteiger partial charge in [0.2, 0.25) is 0 Å². The molecule has 7 heteroatoms. The predicted molar refractivity (Wildman–Crippen MR) is 84.4 cm³/mol. The Labute approximate surface area is 138 Å². The van der Waals surface area contributed by atoms with E-state index in [2.05, 4.69) is 0 Å². The molecule has 0 aliphatic carbocycles. The average molecular weight is 351 g/mol. The number of hydrogen-bond acceptors (Lipinski definition) is 3. The van der Waals surface area contributed by atoms with E-state index in [1.165, 1.54) is 29.2 Å². The summed E-state index contributed by atoms with van der Waals surface area (Å²) in [6, 6.07) is 7.73. The summed E-state index contributed by atoms with van der Waals surface area (Å²) >= 11 is 0. The number of sulfone groups is 1. The first-order valence-corrected chi connectivity index (χ1v) is 9.21. The van der Waals surface area contributed by atoms with Crippen LogP contribution in [0, 0.1) is 11.6 Å². The molecule has 1 aliphatic heterocycles. The molecule has 2 aromatic rings. The summed E-state index contributed by atoms with van der Waals surface area (Å²) in [4.78, 5) is 14.1. The largest absolute Gasteiger partial charge is 0.334 e. The summed E-state index contributed by atoms with van der Waals surface area (Å²) in [7, 11) is -3.34. The van der Waals surface area contributed by atoms with Crippen molar-refractivity contribution in [1.82, 2.24) is 4.90 Å². The van der Waals surface area contributed by atoms with Crippen molar-refractivity contribution in [1.29, 1.82) is 0 Å². The molecule has 126 valence electrons. The van der Waals surface area contributed by atoms with E-state index in [0.717, 1.165) is 18.4 Å². The lowest BCUT2D eigenvalue weighted by Crippen LogP contribution is -2.36. The minimum atomic E-state index is -3.34. The lowest BCUT2D eigenvalue weighted by atomic mass is 9.98. The highest BCUT2D eigenvalue weighted by Crippen LogP contribution is 2.25. The standard InChI is InChI=1S/C17H15F2NO3S/c1-24(22,23)12-4-2-11(3-5-12)17(21)20-9-8-13-14(10-20)16(19)7-6-15(13)18/h2-7H,8-10H2,1H3. The Kier molecular flexibility index (Phi) is 4.13. The highest BCUT2D eigenvalue weighted by molar-refractivity contribution is 7.90. The maximum Gasteiger partial charge on any atom is 0.254 e. The van der Waals surface area contributed by atoms with Gasteiger partial charge in [0.1, 0.15) is 11.6 Å². The molecule has 0 N–H and O–H groups in total. The van der Waals surface area contributed by atoms with E-state index in [1.54, 1.807) is 0 Å². The molecule has 24 heavy (non-hydrogen) atoms. The minimum absolute atomic E-state index is 0.00835. The summed E-state index contributed by atoms with van der Waals surface area (Å²) in [6.45, 7) is 0.269. The molecule has 1 amide bonds. The number of rotatable bonds is 2. The summed E-state index contributed by atoms with van der Waals surface area (Å²) in [6.07, 6.45) is 1.33. The molecule has 2 aromatic carbocycles. The van der Waals surface area contributed by atoms with Gasteiger partial charge in [-0.25, -0.2) is 17.2 Å². The van der Waals surface area contributed by atoms with E-state index in [0.29, 0.717) is 11.1 Å². The van der Waals surface area contributed by atoms with Gasteiger partial charge in [-0.15, -0.1) is 0 Å². The zero-order chi connectivity index (χ0) is 17.5. The topological polar surface area (TPSA) is 54.5 Å². The first kappa shape index (κ1) is 16.6. The fourth-order valence-corrected chi connectivity index (χ4v) is 3.42. The smallest absolute Gasteiger partial charge is 0.254 e. The van der Waals surface area contributed by atoms with Gasteiger partial charge >= 0.3 is 0 Å². The van der Waals surface area contributed by atoms with Crippen molar-refractivity contribution in [3.63, 3.8) is 0 Å². The molecule has 0 aromatic heterocycles. The van der Waals surface area contributed by atoms with Crippen molar-refractivity contribution in [2.24, 2.45) is 0 Å². The van der Waals surface area contributed by atoms with Crippen molar-refractivity contribution in [3.8, 4) is 0 Å². The number of carbonyl (C=O) groups is 1. The molecule has 0 saturated carbocycles. The monoisotopic (exact) mass is 351 g/mol. The molecule has 0 bridgehead atoms. The fraction of sp³-hybridized carbons (Fsp3) is 0.235. The molecule has 1 heterocycles. The van der Waals surface area contributed by atoms with Gasteiger partial charge in [0, 0.05) is 30.5 Å². The van der Waals surface area contributed by atoms with Crippen LogP contribution in [-0.2, 0) is 22.8 Å². The molecule has 3 rings (SSSR count). The zero-order valence-corrected chi connectivity index (χ0v) is 13.7. The highest BCUT2D eigenvalue weighted by atomic mass is 32.2. The summed E-state index contributed by atoms with van der Waals surface area (Å²) in [5.74, 6) is -1.34. The van der Waals surface area contributed by atoms with Crippen LogP contribution in [0.1, 0.15) is 21.5 Å². The predicted octanol–water partition coefficient (Wildman–Crippen LogP) is 2.57. The summed E-state index contributed by atoms with van der Waals surface area (Å²) in [5.41, 5.74) is 0.816. The van der Waals surface area contributed by atoms with Crippen LogP contribution in [0.15, 0.2) is 41.3 Å². The van der Waals surface area contributed by atoms with Crippen molar-refractivity contribution in [2.45, 2.75) is 17.9 Å². The zero-order valence-electron chi connectivity index (χ0n) is 12.9. The Hall–Kier alpha value is -2.28. The number of amides is 1. The first-order valence-electron chi connectivity index (χ1n) is 7.32. The summed E-state index contributed by atoms with van der Waals surface area (Å²) < 4.78 is 50.5. The lowest BCUT2D eigenvalue weighted by molar-refractivity contribution is 0.0731.